The molecule has 0 aromatic rings. The molecule has 106 valence electrons. The normalized spacial score (nSPS) is 12.2. The number of methoxy groups -OCH3 is 1. The summed E-state index contributed by atoms with van der Waals surface area (Å²) in [6, 6.07) is 0.201. The van der Waals surface area contributed by atoms with Crippen molar-refractivity contribution in [1.29, 1.82) is 0 Å². The molecule has 18 heavy (non-hydrogen) atoms. The van der Waals surface area contributed by atoms with Gasteiger partial charge in [0.05, 0.1) is 6.61 Å². The molecule has 0 saturated carbocycles. The second kappa shape index (κ2) is 9.88. The fourth-order valence-electron chi connectivity index (χ4n) is 1.70. The number of nitrogens with zero attached hydrogens (tertiary/aromatic N) is 1. The summed E-state index contributed by atoms with van der Waals surface area (Å²) in [6.07, 6.45) is 2.64. The number of carboxylic acid groups (broad SMARTS) is 1. The van der Waals surface area contributed by atoms with Crippen LogP contribution in [0.3, 0.4) is 0 Å². The number of carbonyl (C=O) groups excluding carboxylic acids is 1. The Morgan fingerprint density at radius 1 is 1.28 bits per heavy atom. The molecule has 1 N–H and O–H groups in total. The van der Waals surface area contributed by atoms with Gasteiger partial charge in [0, 0.05) is 32.5 Å². The van der Waals surface area contributed by atoms with Gasteiger partial charge in [-0.25, -0.2) is 0 Å². The third-order valence-corrected chi connectivity index (χ3v) is 3.01. The Kier molecular flexibility index (Phi) is 9.28. The molecule has 1 amide bonds. The van der Waals surface area contributed by atoms with Crippen molar-refractivity contribution in [3.8, 4) is 0 Å². The van der Waals surface area contributed by atoms with Crippen LogP contribution in [0.5, 0.6) is 0 Å². The molecule has 0 bridgehead atoms. The summed E-state index contributed by atoms with van der Waals surface area (Å²) in [5.41, 5.74) is 0. The van der Waals surface area contributed by atoms with E-state index in [1.54, 1.807) is 7.11 Å². The number of aliphatic carboxylic acids is 1. The molecule has 0 spiro atoms. The van der Waals surface area contributed by atoms with E-state index in [-0.39, 0.29) is 18.4 Å². The molecule has 0 fully saturated rings. The lowest BCUT2D eigenvalue weighted by Gasteiger charge is -2.28. The standard InChI is InChI=1S/C13H25NO4/c1-4-11(2)14(9-10-18-3)12(15)7-5-6-8-13(16)17/h11H,4-10H2,1-3H3,(H,16,17). The highest BCUT2D eigenvalue weighted by molar-refractivity contribution is 5.76. The van der Waals surface area contributed by atoms with E-state index in [1.807, 2.05) is 18.7 Å². The van der Waals surface area contributed by atoms with Crippen molar-refractivity contribution in [2.75, 3.05) is 20.3 Å². The first-order valence-corrected chi connectivity index (χ1v) is 6.53. The Bertz CT molecular complexity index is 255. The molecule has 0 aliphatic rings. The van der Waals surface area contributed by atoms with Crippen molar-refractivity contribution in [3.05, 3.63) is 0 Å². The fourth-order valence-corrected chi connectivity index (χ4v) is 1.70. The Morgan fingerprint density at radius 3 is 2.39 bits per heavy atom. The smallest absolute Gasteiger partial charge is 0.303 e. The van der Waals surface area contributed by atoms with Crippen LogP contribution in [-0.2, 0) is 14.3 Å². The molecule has 5 heteroatoms. The zero-order chi connectivity index (χ0) is 14.0. The van der Waals surface area contributed by atoms with Crippen LogP contribution in [0.1, 0.15) is 46.0 Å². The predicted octanol–water partition coefficient (Wildman–Crippen LogP) is 1.90. The molecule has 0 aromatic carbocycles. The second-order valence-electron chi connectivity index (χ2n) is 4.44. The van der Waals surface area contributed by atoms with Gasteiger partial charge in [0.15, 0.2) is 0 Å². The molecular formula is C13H25NO4. The number of hydrogen-bond acceptors (Lipinski definition) is 3. The number of carboxylic acids is 1. The maximum absolute atomic E-state index is 12.0. The summed E-state index contributed by atoms with van der Waals surface area (Å²) >= 11 is 0. The average molecular weight is 259 g/mol. The van der Waals surface area contributed by atoms with E-state index in [0.717, 1.165) is 6.42 Å². The predicted molar refractivity (Wildman–Crippen MR) is 69.4 cm³/mol. The van der Waals surface area contributed by atoms with Crippen molar-refractivity contribution >= 4 is 11.9 Å². The molecule has 0 heterocycles. The van der Waals surface area contributed by atoms with E-state index < -0.39 is 5.97 Å². The maximum atomic E-state index is 12.0. The van der Waals surface area contributed by atoms with Gasteiger partial charge < -0.3 is 14.7 Å². The van der Waals surface area contributed by atoms with E-state index in [0.29, 0.717) is 32.4 Å². The van der Waals surface area contributed by atoms with E-state index >= 15 is 0 Å². The molecule has 0 saturated heterocycles. The highest BCUT2D eigenvalue weighted by Crippen LogP contribution is 2.09. The van der Waals surface area contributed by atoms with Gasteiger partial charge in [0.2, 0.25) is 5.91 Å². The van der Waals surface area contributed by atoms with Gasteiger partial charge in [0.25, 0.3) is 0 Å². The number of amides is 1. The van der Waals surface area contributed by atoms with Crippen LogP contribution in [0.4, 0.5) is 0 Å². The summed E-state index contributed by atoms with van der Waals surface area (Å²) in [5, 5.41) is 8.52. The molecule has 0 radical (unpaired) electrons. The SMILES string of the molecule is CCC(C)N(CCOC)C(=O)CCCCC(=O)O. The van der Waals surface area contributed by atoms with Crippen LogP contribution in [0.15, 0.2) is 0 Å². The van der Waals surface area contributed by atoms with Gasteiger partial charge in [-0.15, -0.1) is 0 Å². The van der Waals surface area contributed by atoms with Gasteiger partial charge in [-0.05, 0) is 26.2 Å². The number of ether oxygens (including phenoxy) is 1. The van der Waals surface area contributed by atoms with Gasteiger partial charge in [-0.3, -0.25) is 9.59 Å². The maximum Gasteiger partial charge on any atom is 0.303 e. The number of carbonyl (C=O) groups is 2. The minimum absolute atomic E-state index is 0.0896. The minimum Gasteiger partial charge on any atom is -0.481 e. The largest absolute Gasteiger partial charge is 0.481 e. The van der Waals surface area contributed by atoms with Gasteiger partial charge in [0.1, 0.15) is 0 Å². The summed E-state index contributed by atoms with van der Waals surface area (Å²) in [7, 11) is 1.62. The molecule has 0 rings (SSSR count). The van der Waals surface area contributed by atoms with Gasteiger partial charge >= 0.3 is 5.97 Å². The Labute approximate surface area is 109 Å². The monoisotopic (exact) mass is 259 g/mol. The fraction of sp³-hybridized carbons (Fsp3) is 0.846. The molecule has 0 aliphatic heterocycles. The van der Waals surface area contributed by atoms with Crippen LogP contribution in [-0.4, -0.2) is 48.2 Å². The lowest BCUT2D eigenvalue weighted by Crippen LogP contribution is -2.40. The van der Waals surface area contributed by atoms with Crippen LogP contribution in [0, 0.1) is 0 Å². The van der Waals surface area contributed by atoms with Crippen LogP contribution in [0.2, 0.25) is 0 Å². The Hall–Kier alpha value is -1.10. The third kappa shape index (κ3) is 7.27. The van der Waals surface area contributed by atoms with E-state index in [4.69, 9.17) is 9.84 Å². The van der Waals surface area contributed by atoms with Gasteiger partial charge in [-0.2, -0.15) is 0 Å². The van der Waals surface area contributed by atoms with Crippen molar-refractivity contribution < 1.29 is 19.4 Å². The lowest BCUT2D eigenvalue weighted by atomic mass is 10.1. The summed E-state index contributed by atoms with van der Waals surface area (Å²) in [4.78, 5) is 24.2. The number of hydrogen-bond donors (Lipinski definition) is 1. The molecule has 1 atom stereocenters. The van der Waals surface area contributed by atoms with Crippen molar-refractivity contribution in [3.63, 3.8) is 0 Å². The lowest BCUT2D eigenvalue weighted by molar-refractivity contribution is -0.138. The first-order chi connectivity index (χ1) is 8.52. The number of unbranched alkanes of at least 4 members (excludes halogenated alkanes) is 1. The summed E-state index contributed by atoms with van der Waals surface area (Å²) in [6.45, 7) is 5.20. The Balaban J connectivity index is 4.08. The van der Waals surface area contributed by atoms with Crippen LogP contribution >= 0.6 is 0 Å². The second-order valence-corrected chi connectivity index (χ2v) is 4.44. The van der Waals surface area contributed by atoms with Crippen molar-refractivity contribution in [2.45, 2.75) is 52.0 Å². The quantitative estimate of drug-likeness (QED) is 0.608. The highest BCUT2D eigenvalue weighted by Gasteiger charge is 2.17. The number of rotatable bonds is 10. The topological polar surface area (TPSA) is 66.8 Å². The highest BCUT2D eigenvalue weighted by atomic mass is 16.5. The minimum atomic E-state index is -0.805. The first-order valence-electron chi connectivity index (χ1n) is 6.53. The molecule has 0 aromatic heterocycles. The first kappa shape index (κ1) is 16.9. The van der Waals surface area contributed by atoms with Crippen LogP contribution < -0.4 is 0 Å². The Morgan fingerprint density at radius 2 is 1.89 bits per heavy atom. The third-order valence-electron chi connectivity index (χ3n) is 3.01. The molecule has 1 unspecified atom stereocenters. The zero-order valence-corrected chi connectivity index (χ0v) is 11.6. The van der Waals surface area contributed by atoms with E-state index in [1.165, 1.54) is 0 Å². The van der Waals surface area contributed by atoms with E-state index in [2.05, 4.69) is 0 Å². The summed E-state index contributed by atoms with van der Waals surface area (Å²) < 4.78 is 5.00. The van der Waals surface area contributed by atoms with E-state index in [9.17, 15) is 9.59 Å². The molecule has 5 nitrogen and oxygen atoms in total. The van der Waals surface area contributed by atoms with Gasteiger partial charge in [-0.1, -0.05) is 6.92 Å². The van der Waals surface area contributed by atoms with Crippen LogP contribution in [0.25, 0.3) is 0 Å². The van der Waals surface area contributed by atoms with Crippen molar-refractivity contribution in [2.24, 2.45) is 0 Å². The molecular weight excluding hydrogens is 234 g/mol. The zero-order valence-electron chi connectivity index (χ0n) is 11.6. The van der Waals surface area contributed by atoms with Crippen molar-refractivity contribution in [1.82, 2.24) is 4.90 Å². The molecule has 0 aliphatic carbocycles. The average Bonchev–Trinajstić information content (AvgIpc) is 2.34. The summed E-state index contributed by atoms with van der Waals surface area (Å²) in [5.74, 6) is -0.715.